The van der Waals surface area contributed by atoms with Gasteiger partial charge in [0.1, 0.15) is 11.5 Å². The Hall–Kier alpha value is -3.27. The van der Waals surface area contributed by atoms with Crippen LogP contribution in [0.25, 0.3) is 0 Å². The molecule has 5 rings (SSSR count). The molecule has 0 unspecified atom stereocenters. The minimum atomic E-state index is -0.384. The number of para-hydroxylation sites is 1. The maximum atomic E-state index is 13.5. The van der Waals surface area contributed by atoms with Crippen molar-refractivity contribution >= 4 is 23.0 Å². The van der Waals surface area contributed by atoms with Gasteiger partial charge in [0.05, 0.1) is 11.4 Å². The van der Waals surface area contributed by atoms with Gasteiger partial charge in [-0.1, -0.05) is 55.5 Å². The van der Waals surface area contributed by atoms with E-state index in [0.29, 0.717) is 11.4 Å². The molecule has 0 N–H and O–H groups in total. The Morgan fingerprint density at radius 2 is 1.60 bits per heavy atom. The van der Waals surface area contributed by atoms with Gasteiger partial charge in [-0.25, -0.2) is 9.38 Å². The number of nitrogens with zero attached hydrogens (tertiary/aromatic N) is 2. The molecule has 0 aliphatic carbocycles. The molecule has 3 aromatic carbocycles. The summed E-state index contributed by atoms with van der Waals surface area (Å²) in [7, 11) is 0. The lowest BCUT2D eigenvalue weighted by molar-refractivity contribution is -0.113. The number of aliphatic imine (C=N–C) groups is 1. The van der Waals surface area contributed by atoms with Gasteiger partial charge >= 0.3 is 0 Å². The molecule has 150 valence electrons. The van der Waals surface area contributed by atoms with Crippen molar-refractivity contribution in [3.8, 4) is 0 Å². The van der Waals surface area contributed by atoms with E-state index in [0.717, 1.165) is 23.2 Å². The number of anilines is 1. The second-order valence-corrected chi connectivity index (χ2v) is 8.97. The van der Waals surface area contributed by atoms with Crippen molar-refractivity contribution in [2.24, 2.45) is 4.99 Å². The second kappa shape index (κ2) is 6.36. The van der Waals surface area contributed by atoms with Crippen LogP contribution in [0.1, 0.15) is 43.9 Å². The van der Waals surface area contributed by atoms with Gasteiger partial charge < -0.3 is 4.90 Å². The lowest BCUT2D eigenvalue weighted by Crippen LogP contribution is -2.54. The van der Waals surface area contributed by atoms with Crippen molar-refractivity contribution in [2.45, 2.75) is 38.1 Å². The number of hydrogen-bond acceptors (Lipinski definition) is 2. The highest BCUT2D eigenvalue weighted by atomic mass is 19.1. The van der Waals surface area contributed by atoms with E-state index >= 15 is 0 Å². The predicted molar refractivity (Wildman–Crippen MR) is 118 cm³/mol. The highest BCUT2D eigenvalue weighted by Crippen LogP contribution is 2.53. The van der Waals surface area contributed by atoms with Crippen molar-refractivity contribution < 1.29 is 9.18 Å². The van der Waals surface area contributed by atoms with Crippen LogP contribution < -0.4 is 4.90 Å². The van der Waals surface area contributed by atoms with E-state index in [2.05, 4.69) is 56.1 Å². The van der Waals surface area contributed by atoms with Crippen molar-refractivity contribution in [3.05, 3.63) is 95.3 Å². The molecular formula is C26H23FN2O. The molecule has 0 aromatic heterocycles. The lowest BCUT2D eigenvalue weighted by Gasteiger charge is -2.49. The number of carbonyl (C=O) groups is 1. The molecule has 2 aliphatic rings. The summed E-state index contributed by atoms with van der Waals surface area (Å²) in [5.41, 5.74) is 4.56. The first-order chi connectivity index (χ1) is 14.3. The topological polar surface area (TPSA) is 32.7 Å². The van der Waals surface area contributed by atoms with Crippen LogP contribution in [0.3, 0.4) is 0 Å². The summed E-state index contributed by atoms with van der Waals surface area (Å²) in [6, 6.07) is 22.5. The minimum Gasteiger partial charge on any atom is -0.300 e. The summed E-state index contributed by atoms with van der Waals surface area (Å²) in [4.78, 5) is 20.1. The normalized spacial score (nSPS) is 23.0. The molecule has 3 nitrogen and oxygen atoms in total. The minimum absolute atomic E-state index is 0.0955. The molecular weight excluding hydrogens is 375 g/mol. The van der Waals surface area contributed by atoms with E-state index in [1.54, 1.807) is 12.1 Å². The SMILES string of the molecule is CC1(C)C[C@@](C)(c2ccccc2)c2cccc3c2N1C(=O)C3=Nc1ccc(F)cc1. The summed E-state index contributed by atoms with van der Waals surface area (Å²) >= 11 is 0. The van der Waals surface area contributed by atoms with Gasteiger partial charge in [-0.2, -0.15) is 0 Å². The van der Waals surface area contributed by atoms with E-state index in [1.807, 2.05) is 23.1 Å². The lowest BCUT2D eigenvalue weighted by atomic mass is 9.65. The summed E-state index contributed by atoms with van der Waals surface area (Å²) in [6.07, 6.45) is 0.802. The smallest absolute Gasteiger partial charge is 0.278 e. The van der Waals surface area contributed by atoms with E-state index in [-0.39, 0.29) is 22.7 Å². The Kier molecular flexibility index (Phi) is 3.97. The van der Waals surface area contributed by atoms with E-state index in [9.17, 15) is 9.18 Å². The van der Waals surface area contributed by atoms with Gasteiger partial charge in [-0.3, -0.25) is 4.79 Å². The molecule has 0 saturated carbocycles. The number of hydrogen-bond donors (Lipinski definition) is 0. The molecule has 0 radical (unpaired) electrons. The van der Waals surface area contributed by atoms with Gasteiger partial charge in [0.25, 0.3) is 5.91 Å². The highest BCUT2D eigenvalue weighted by molar-refractivity contribution is 6.55. The number of benzene rings is 3. The summed E-state index contributed by atoms with van der Waals surface area (Å²) < 4.78 is 13.3. The average molecular weight is 398 g/mol. The molecule has 1 atom stereocenters. The third kappa shape index (κ3) is 2.63. The predicted octanol–water partition coefficient (Wildman–Crippen LogP) is 5.78. The molecule has 0 bridgehead atoms. The number of halogens is 1. The zero-order valence-corrected chi connectivity index (χ0v) is 17.3. The van der Waals surface area contributed by atoms with Crippen LogP contribution >= 0.6 is 0 Å². The van der Waals surface area contributed by atoms with Gasteiger partial charge in [-0.05, 0) is 55.7 Å². The first-order valence-electron chi connectivity index (χ1n) is 10.2. The monoisotopic (exact) mass is 398 g/mol. The van der Waals surface area contributed by atoms with Gasteiger partial charge in [0.2, 0.25) is 0 Å². The third-order valence-corrected chi connectivity index (χ3v) is 6.38. The Balaban J connectivity index is 1.75. The van der Waals surface area contributed by atoms with Gasteiger partial charge in [0, 0.05) is 16.5 Å². The first-order valence-corrected chi connectivity index (χ1v) is 10.2. The highest BCUT2D eigenvalue weighted by Gasteiger charge is 2.52. The summed E-state index contributed by atoms with van der Waals surface area (Å²) in [6.45, 7) is 6.50. The summed E-state index contributed by atoms with van der Waals surface area (Å²) in [5.74, 6) is -0.416. The maximum Gasteiger partial charge on any atom is 0.278 e. The quantitative estimate of drug-likeness (QED) is 0.538. The van der Waals surface area contributed by atoms with Crippen LogP contribution in [0.15, 0.2) is 77.8 Å². The zero-order valence-electron chi connectivity index (χ0n) is 17.3. The average Bonchev–Trinajstić information content (AvgIpc) is 3.01. The van der Waals surface area contributed by atoms with E-state index in [4.69, 9.17) is 0 Å². The van der Waals surface area contributed by atoms with Gasteiger partial charge in [0.15, 0.2) is 0 Å². The molecule has 4 heteroatoms. The van der Waals surface area contributed by atoms with Crippen LogP contribution in [0, 0.1) is 5.82 Å². The van der Waals surface area contributed by atoms with Gasteiger partial charge in [-0.15, -0.1) is 0 Å². The summed E-state index contributed by atoms with van der Waals surface area (Å²) in [5, 5.41) is 0. The third-order valence-electron chi connectivity index (χ3n) is 6.38. The Labute approximate surface area is 175 Å². The van der Waals surface area contributed by atoms with Crippen molar-refractivity contribution in [2.75, 3.05) is 4.90 Å². The molecule has 30 heavy (non-hydrogen) atoms. The molecule has 0 saturated heterocycles. The molecule has 1 amide bonds. The number of amides is 1. The number of rotatable bonds is 2. The number of carbonyl (C=O) groups excluding carboxylic acids is 1. The van der Waals surface area contributed by atoms with E-state index < -0.39 is 0 Å². The standard InChI is InChI=1S/C26H23FN2O/c1-25(2)16-26(3,17-8-5-4-6-9-17)21-11-7-10-20-22(24(30)29(25)23(20)21)28-19-14-12-18(27)13-15-19/h4-15H,16H2,1-3H3/t26-/m0/s1. The Morgan fingerprint density at radius 3 is 2.30 bits per heavy atom. The van der Waals surface area contributed by atoms with Crippen molar-refractivity contribution in [1.29, 1.82) is 0 Å². The zero-order chi connectivity index (χ0) is 21.1. The van der Waals surface area contributed by atoms with E-state index in [1.165, 1.54) is 17.7 Å². The van der Waals surface area contributed by atoms with Crippen molar-refractivity contribution in [3.63, 3.8) is 0 Å². The second-order valence-electron chi connectivity index (χ2n) is 8.97. The van der Waals surface area contributed by atoms with Crippen LogP contribution in [0.4, 0.5) is 15.8 Å². The fraction of sp³-hybridized carbons (Fsp3) is 0.231. The molecule has 0 spiro atoms. The van der Waals surface area contributed by atoms with Crippen molar-refractivity contribution in [1.82, 2.24) is 0 Å². The molecule has 3 aromatic rings. The largest absolute Gasteiger partial charge is 0.300 e. The van der Waals surface area contributed by atoms with Crippen LogP contribution in [0.5, 0.6) is 0 Å². The fourth-order valence-electron chi connectivity index (χ4n) is 5.18. The van der Waals surface area contributed by atoms with Crippen LogP contribution in [0.2, 0.25) is 0 Å². The van der Waals surface area contributed by atoms with Crippen LogP contribution in [-0.2, 0) is 10.2 Å². The first kappa shape index (κ1) is 18.7. The fourth-order valence-corrected chi connectivity index (χ4v) is 5.18. The Bertz CT molecular complexity index is 1180. The molecule has 2 heterocycles. The molecule has 0 fully saturated rings. The Morgan fingerprint density at radius 1 is 0.900 bits per heavy atom. The molecule has 2 aliphatic heterocycles. The maximum absolute atomic E-state index is 13.5. The van der Waals surface area contributed by atoms with Crippen LogP contribution in [-0.4, -0.2) is 17.2 Å².